The summed E-state index contributed by atoms with van der Waals surface area (Å²) in [6, 6.07) is 52.9. The lowest BCUT2D eigenvalue weighted by Gasteiger charge is -2.18. The van der Waals surface area contributed by atoms with E-state index in [0.717, 1.165) is 39.2 Å². The van der Waals surface area contributed by atoms with Crippen LogP contribution in [0.1, 0.15) is 0 Å². The lowest BCUT2D eigenvalue weighted by atomic mass is 9.86. The van der Waals surface area contributed by atoms with Crippen LogP contribution in [0.3, 0.4) is 0 Å². The number of fused-ring (bicyclic) bond motifs is 2. The van der Waals surface area contributed by atoms with Gasteiger partial charge in [0.1, 0.15) is 0 Å². The maximum atomic E-state index is 5.09. The monoisotopic (exact) mass is 561 g/mol. The van der Waals surface area contributed by atoms with Crippen LogP contribution >= 0.6 is 0 Å². The summed E-state index contributed by atoms with van der Waals surface area (Å²) >= 11 is 0. The maximum absolute atomic E-state index is 5.09. The van der Waals surface area contributed by atoms with Gasteiger partial charge in [0.05, 0.1) is 11.4 Å². The minimum absolute atomic E-state index is 0.712. The van der Waals surface area contributed by atoms with E-state index in [9.17, 15) is 0 Å². The topological polar surface area (TPSA) is 38.7 Å². The van der Waals surface area contributed by atoms with E-state index >= 15 is 0 Å². The molecular weight excluding hydrogens is 534 g/mol. The Bertz CT molecular complexity index is 2150. The Morgan fingerprint density at radius 3 is 1.41 bits per heavy atom. The number of aromatic nitrogens is 3. The van der Waals surface area contributed by atoms with Crippen LogP contribution in [-0.2, 0) is 0 Å². The molecule has 8 rings (SSSR count). The van der Waals surface area contributed by atoms with Gasteiger partial charge < -0.3 is 0 Å². The molecule has 6 aromatic carbocycles. The van der Waals surface area contributed by atoms with E-state index in [1.807, 2.05) is 54.9 Å². The average molecular weight is 562 g/mol. The van der Waals surface area contributed by atoms with Gasteiger partial charge >= 0.3 is 0 Å². The van der Waals surface area contributed by atoms with Crippen molar-refractivity contribution in [2.45, 2.75) is 0 Å². The van der Waals surface area contributed by atoms with Gasteiger partial charge in [0.25, 0.3) is 0 Å². The third-order valence-corrected chi connectivity index (χ3v) is 8.16. The van der Waals surface area contributed by atoms with E-state index in [1.165, 1.54) is 32.7 Å². The molecule has 2 heterocycles. The van der Waals surface area contributed by atoms with Crippen molar-refractivity contribution < 1.29 is 0 Å². The van der Waals surface area contributed by atoms with Crippen molar-refractivity contribution in [3.05, 3.63) is 164 Å². The molecule has 0 aliphatic carbocycles. The van der Waals surface area contributed by atoms with E-state index in [0.29, 0.717) is 5.82 Å². The second-order valence-electron chi connectivity index (χ2n) is 10.9. The van der Waals surface area contributed by atoms with Gasteiger partial charge in [-0.05, 0) is 56.4 Å². The summed E-state index contributed by atoms with van der Waals surface area (Å²) in [4.78, 5) is 14.5. The van der Waals surface area contributed by atoms with Gasteiger partial charge in [0.2, 0.25) is 0 Å². The molecule has 0 spiro atoms. The molecule has 44 heavy (non-hydrogen) atoms. The molecule has 206 valence electrons. The minimum atomic E-state index is 0.712. The molecule has 0 bridgehead atoms. The summed E-state index contributed by atoms with van der Waals surface area (Å²) in [5.41, 5.74) is 9.57. The lowest BCUT2D eigenvalue weighted by molar-refractivity contribution is 1.18. The van der Waals surface area contributed by atoms with Gasteiger partial charge in [-0.2, -0.15) is 0 Å². The number of benzene rings is 6. The van der Waals surface area contributed by atoms with Gasteiger partial charge in [0.15, 0.2) is 5.82 Å². The van der Waals surface area contributed by atoms with Gasteiger partial charge in [0, 0.05) is 34.6 Å². The molecule has 0 radical (unpaired) electrons. The highest BCUT2D eigenvalue weighted by molar-refractivity contribution is 6.21. The van der Waals surface area contributed by atoms with Gasteiger partial charge in [-0.1, -0.05) is 133 Å². The highest BCUT2D eigenvalue weighted by Gasteiger charge is 2.17. The molecule has 3 nitrogen and oxygen atoms in total. The fraction of sp³-hybridized carbons (Fsp3) is 0. The first-order chi connectivity index (χ1) is 21.8. The summed E-state index contributed by atoms with van der Waals surface area (Å²) in [5.74, 6) is 0.712. The standard InChI is InChI=1S/C41H27N3/c1-3-13-28(14-4-1)37-26-38(44-41(43-37)29-15-5-2-6-16-29)30-17-11-18-31(25-30)39-33-20-7-9-22-35(33)40(32-19-12-24-42-27-32)36-23-10-8-21-34(36)39/h1-27H. The Balaban J connectivity index is 1.36. The zero-order valence-electron chi connectivity index (χ0n) is 23.9. The second-order valence-corrected chi connectivity index (χ2v) is 10.9. The van der Waals surface area contributed by atoms with E-state index in [2.05, 4.69) is 114 Å². The van der Waals surface area contributed by atoms with Crippen molar-refractivity contribution in [3.8, 4) is 56.2 Å². The Kier molecular flexibility index (Phi) is 6.47. The molecule has 0 fully saturated rings. The van der Waals surface area contributed by atoms with Crippen molar-refractivity contribution in [2.24, 2.45) is 0 Å². The number of hydrogen-bond donors (Lipinski definition) is 0. The van der Waals surface area contributed by atoms with E-state index < -0.39 is 0 Å². The first-order valence-corrected chi connectivity index (χ1v) is 14.8. The Labute approximate surface area is 256 Å². The summed E-state index contributed by atoms with van der Waals surface area (Å²) < 4.78 is 0. The smallest absolute Gasteiger partial charge is 0.160 e. The van der Waals surface area contributed by atoms with E-state index in [1.54, 1.807) is 0 Å². The molecule has 8 aromatic rings. The Morgan fingerprint density at radius 2 is 0.818 bits per heavy atom. The van der Waals surface area contributed by atoms with Gasteiger partial charge in [-0.15, -0.1) is 0 Å². The molecule has 3 heteroatoms. The van der Waals surface area contributed by atoms with Crippen LogP contribution in [0.5, 0.6) is 0 Å². The molecule has 0 saturated heterocycles. The van der Waals surface area contributed by atoms with Crippen LogP contribution in [0, 0.1) is 0 Å². The molecule has 0 N–H and O–H groups in total. The fourth-order valence-corrected chi connectivity index (χ4v) is 6.16. The summed E-state index contributed by atoms with van der Waals surface area (Å²) in [6.07, 6.45) is 3.78. The second kappa shape index (κ2) is 11.0. The average Bonchev–Trinajstić information content (AvgIpc) is 3.11. The van der Waals surface area contributed by atoms with Crippen LogP contribution in [0.4, 0.5) is 0 Å². The summed E-state index contributed by atoms with van der Waals surface area (Å²) in [7, 11) is 0. The summed E-state index contributed by atoms with van der Waals surface area (Å²) in [6.45, 7) is 0. The largest absolute Gasteiger partial charge is 0.264 e. The first-order valence-electron chi connectivity index (χ1n) is 14.8. The number of nitrogens with zero attached hydrogens (tertiary/aromatic N) is 3. The molecule has 0 aliphatic rings. The van der Waals surface area contributed by atoms with Crippen LogP contribution in [-0.4, -0.2) is 15.0 Å². The van der Waals surface area contributed by atoms with Crippen LogP contribution < -0.4 is 0 Å². The quantitative estimate of drug-likeness (QED) is 0.196. The SMILES string of the molecule is c1ccc(-c2cc(-c3cccc(-c4c5ccccc5c(-c5cccnc5)c5ccccc45)c3)nc(-c3ccccc3)n2)cc1. The third-order valence-electron chi connectivity index (χ3n) is 8.16. The van der Waals surface area contributed by atoms with Crippen LogP contribution in [0.2, 0.25) is 0 Å². The molecule has 0 amide bonds. The van der Waals surface area contributed by atoms with Gasteiger partial charge in [-0.3, -0.25) is 4.98 Å². The number of rotatable bonds is 5. The molecule has 2 aromatic heterocycles. The van der Waals surface area contributed by atoms with Crippen molar-refractivity contribution in [1.82, 2.24) is 15.0 Å². The predicted octanol–water partition coefficient (Wildman–Crippen LogP) is 10.5. The molecule has 0 aliphatic heterocycles. The van der Waals surface area contributed by atoms with Crippen LogP contribution in [0.25, 0.3) is 77.7 Å². The molecule has 0 saturated carbocycles. The van der Waals surface area contributed by atoms with Crippen molar-refractivity contribution in [2.75, 3.05) is 0 Å². The zero-order chi connectivity index (χ0) is 29.3. The first kappa shape index (κ1) is 25.8. The Morgan fingerprint density at radius 1 is 0.341 bits per heavy atom. The highest BCUT2D eigenvalue weighted by atomic mass is 14.9. The van der Waals surface area contributed by atoms with Crippen molar-refractivity contribution in [3.63, 3.8) is 0 Å². The predicted molar refractivity (Wildman–Crippen MR) is 182 cm³/mol. The van der Waals surface area contributed by atoms with Gasteiger partial charge in [-0.25, -0.2) is 9.97 Å². The van der Waals surface area contributed by atoms with E-state index in [-0.39, 0.29) is 0 Å². The zero-order valence-corrected chi connectivity index (χ0v) is 23.9. The molecule has 0 unspecified atom stereocenters. The molecule has 0 atom stereocenters. The summed E-state index contributed by atoms with van der Waals surface area (Å²) in [5, 5.41) is 4.83. The molecular formula is C41H27N3. The Hall–Kier alpha value is -5.93. The maximum Gasteiger partial charge on any atom is 0.160 e. The van der Waals surface area contributed by atoms with E-state index in [4.69, 9.17) is 9.97 Å². The van der Waals surface area contributed by atoms with Crippen molar-refractivity contribution in [1.29, 1.82) is 0 Å². The normalized spacial score (nSPS) is 11.2. The minimum Gasteiger partial charge on any atom is -0.264 e. The lowest BCUT2D eigenvalue weighted by Crippen LogP contribution is -1.96. The fourth-order valence-electron chi connectivity index (χ4n) is 6.16. The third kappa shape index (κ3) is 4.61. The van der Waals surface area contributed by atoms with Crippen molar-refractivity contribution >= 4 is 21.5 Å². The van der Waals surface area contributed by atoms with Crippen LogP contribution in [0.15, 0.2) is 164 Å². The number of hydrogen-bond acceptors (Lipinski definition) is 3. The highest BCUT2D eigenvalue weighted by Crippen LogP contribution is 2.44. The number of pyridine rings is 1.